The zero-order chi connectivity index (χ0) is 30.8. The Hall–Kier alpha value is -3.74. The van der Waals surface area contributed by atoms with E-state index in [1.807, 2.05) is 6.92 Å². The van der Waals surface area contributed by atoms with Gasteiger partial charge >= 0.3 is 6.01 Å². The molecular formula is C32H35F3N6O3. The summed E-state index contributed by atoms with van der Waals surface area (Å²) in [5.74, 6) is -0.982. The van der Waals surface area contributed by atoms with Gasteiger partial charge in [-0.15, -0.1) is 0 Å². The number of phenols is 1. The number of ether oxygens (including phenoxy) is 1. The molecule has 3 aliphatic rings. The zero-order valence-electron chi connectivity index (χ0n) is 24.7. The molecule has 232 valence electrons. The number of halogens is 3. The van der Waals surface area contributed by atoms with Crippen molar-refractivity contribution < 1.29 is 28.1 Å². The molecule has 44 heavy (non-hydrogen) atoms. The third-order valence-corrected chi connectivity index (χ3v) is 9.42. The topological polar surface area (TPSA) is 107 Å². The number of aliphatic hydroxyl groups is 1. The molecule has 0 saturated carbocycles. The average Bonchev–Trinajstić information content (AvgIpc) is 3.51. The van der Waals surface area contributed by atoms with E-state index in [0.29, 0.717) is 59.9 Å². The largest absolute Gasteiger partial charge is 0.508 e. The van der Waals surface area contributed by atoms with Crippen LogP contribution in [0.3, 0.4) is 0 Å². The molecule has 0 unspecified atom stereocenters. The van der Waals surface area contributed by atoms with Gasteiger partial charge in [0.2, 0.25) is 0 Å². The molecule has 3 N–H and O–H groups in total. The molecule has 3 saturated heterocycles. The number of aromatic nitrogens is 3. The van der Waals surface area contributed by atoms with Crippen molar-refractivity contribution >= 4 is 27.5 Å². The summed E-state index contributed by atoms with van der Waals surface area (Å²) in [7, 11) is 0. The minimum atomic E-state index is -0.932. The molecule has 12 heteroatoms. The van der Waals surface area contributed by atoms with Crippen LogP contribution in [0, 0.1) is 11.6 Å². The maximum atomic E-state index is 16.7. The highest BCUT2D eigenvalue weighted by atomic mass is 19.1. The highest BCUT2D eigenvalue weighted by Crippen LogP contribution is 2.42. The number of benzene rings is 2. The second-order valence-corrected chi connectivity index (χ2v) is 12.6. The third kappa shape index (κ3) is 4.89. The molecule has 0 aliphatic carbocycles. The minimum absolute atomic E-state index is 0.0596. The highest BCUT2D eigenvalue weighted by Gasteiger charge is 2.49. The quantitative estimate of drug-likeness (QED) is 0.284. The molecule has 3 aliphatic heterocycles. The lowest BCUT2D eigenvalue weighted by molar-refractivity contribution is 0.0375. The van der Waals surface area contributed by atoms with Crippen molar-refractivity contribution in [1.29, 1.82) is 0 Å². The monoisotopic (exact) mass is 608 g/mol. The predicted octanol–water partition coefficient (Wildman–Crippen LogP) is 4.81. The van der Waals surface area contributed by atoms with Crippen molar-refractivity contribution in [3.05, 3.63) is 47.7 Å². The van der Waals surface area contributed by atoms with Gasteiger partial charge in [-0.05, 0) is 73.7 Å². The molecule has 0 bridgehead atoms. The second-order valence-electron chi connectivity index (χ2n) is 12.6. The summed E-state index contributed by atoms with van der Waals surface area (Å²) in [6, 6.07) is 5.71. The normalized spacial score (nSPS) is 25.7. The van der Waals surface area contributed by atoms with Gasteiger partial charge in [0.15, 0.2) is 11.6 Å². The molecule has 2 aromatic heterocycles. The Morgan fingerprint density at radius 1 is 1.16 bits per heavy atom. The fraction of sp³-hybridized carbons (Fsp3) is 0.469. The van der Waals surface area contributed by atoms with Gasteiger partial charge in [0.25, 0.3) is 0 Å². The Kier molecular flexibility index (Phi) is 7.06. The number of aryl methyl sites for hydroxylation is 1. The van der Waals surface area contributed by atoms with Crippen LogP contribution in [0.1, 0.15) is 45.1 Å². The summed E-state index contributed by atoms with van der Waals surface area (Å²) in [5.41, 5.74) is 2.25. The summed E-state index contributed by atoms with van der Waals surface area (Å²) in [5, 5.41) is 24.1. The van der Waals surface area contributed by atoms with Gasteiger partial charge in [-0.1, -0.05) is 13.0 Å². The Labute approximate surface area is 252 Å². The number of hydrogen-bond donors (Lipinski definition) is 3. The fourth-order valence-electron chi connectivity index (χ4n) is 7.13. The third-order valence-electron chi connectivity index (χ3n) is 9.42. The minimum Gasteiger partial charge on any atom is -0.508 e. The maximum absolute atomic E-state index is 16.7. The molecule has 7 rings (SSSR count). The van der Waals surface area contributed by atoms with Crippen LogP contribution in [0.4, 0.5) is 19.0 Å². The molecule has 9 nitrogen and oxygen atoms in total. The maximum Gasteiger partial charge on any atom is 0.319 e. The van der Waals surface area contributed by atoms with Gasteiger partial charge in [-0.3, -0.25) is 14.9 Å². The van der Waals surface area contributed by atoms with Crippen LogP contribution >= 0.6 is 0 Å². The van der Waals surface area contributed by atoms with E-state index in [-0.39, 0.29) is 41.7 Å². The first-order chi connectivity index (χ1) is 21.1. The molecule has 0 amide bonds. The van der Waals surface area contributed by atoms with E-state index >= 15 is 4.39 Å². The number of fused-ring (bicyclic) bond motifs is 3. The number of rotatable bonds is 6. The average molecular weight is 609 g/mol. The summed E-state index contributed by atoms with van der Waals surface area (Å²) < 4.78 is 52.1. The van der Waals surface area contributed by atoms with Crippen molar-refractivity contribution in [1.82, 2.24) is 25.3 Å². The molecule has 0 radical (unpaired) electrons. The SMILES string of the molecule is CCc1c(F)ccc2cc(O)cc(-c3ncc4c(N5CC[C@](C)(O)CN5)nc(OC[C@@]56CCCN5C[C@H](F)C6)nc4c3F)c12. The number of β-amino-alcohol motifs (C(OH)–C–C–N with tert-alkyl or cyclic N) is 1. The van der Waals surface area contributed by atoms with Crippen LogP contribution in [-0.2, 0) is 6.42 Å². The van der Waals surface area contributed by atoms with Gasteiger partial charge in [0.05, 0.1) is 16.5 Å². The number of hydrazine groups is 1. The first-order valence-electron chi connectivity index (χ1n) is 15.1. The Balaban J connectivity index is 1.37. The number of pyridine rings is 1. The van der Waals surface area contributed by atoms with E-state index in [2.05, 4.69) is 25.3 Å². The number of nitrogens with one attached hydrogen (secondary N) is 1. The number of phenolic OH excluding ortho intramolecular Hbond substituents is 1. The number of nitrogens with zero attached hydrogens (tertiary/aromatic N) is 5. The molecule has 3 atom stereocenters. The van der Waals surface area contributed by atoms with Gasteiger partial charge in [-0.25, -0.2) is 18.6 Å². The Morgan fingerprint density at radius 2 is 2.00 bits per heavy atom. The van der Waals surface area contributed by atoms with Crippen molar-refractivity contribution in [3.63, 3.8) is 0 Å². The molecule has 0 spiro atoms. The summed E-state index contributed by atoms with van der Waals surface area (Å²) in [4.78, 5) is 15.7. The highest BCUT2D eigenvalue weighted by molar-refractivity contribution is 6.01. The zero-order valence-corrected chi connectivity index (χ0v) is 24.7. The summed E-state index contributed by atoms with van der Waals surface area (Å²) >= 11 is 0. The standard InChI is InChI=1S/C32H35F3N6O3/c1-3-21-24(34)6-5-18-11-20(42)12-22(25(18)21)27-26(35)28-23(14-36-27)29(41-10-8-31(2,43)16-37-41)39-30(38-28)44-17-32-7-4-9-40(32)15-19(33)13-32/h5-6,11-12,14,19,37,42-43H,3-4,7-10,13,15-17H2,1-2H3/t19-,31+,32+/m1/s1. The number of aromatic hydroxyl groups is 1. The molecule has 4 aromatic rings. The number of hydrogen-bond acceptors (Lipinski definition) is 9. The van der Waals surface area contributed by atoms with Crippen molar-refractivity contribution in [2.45, 2.75) is 63.3 Å². The Bertz CT molecular complexity index is 1760. The number of alkyl halides is 1. The van der Waals surface area contributed by atoms with Crippen LogP contribution in [0.2, 0.25) is 0 Å². The van der Waals surface area contributed by atoms with Crippen molar-refractivity contribution in [2.24, 2.45) is 0 Å². The van der Waals surface area contributed by atoms with Gasteiger partial charge in [0.1, 0.15) is 35.6 Å². The van der Waals surface area contributed by atoms with Crippen LogP contribution in [0.5, 0.6) is 11.8 Å². The molecule has 5 heterocycles. The van der Waals surface area contributed by atoms with Gasteiger partial charge in [-0.2, -0.15) is 9.97 Å². The summed E-state index contributed by atoms with van der Waals surface area (Å²) in [6.07, 6.45) is 3.41. The van der Waals surface area contributed by atoms with Crippen LogP contribution in [-0.4, -0.2) is 80.2 Å². The number of anilines is 1. The van der Waals surface area contributed by atoms with E-state index in [4.69, 9.17) is 4.74 Å². The predicted molar refractivity (Wildman–Crippen MR) is 160 cm³/mol. The van der Waals surface area contributed by atoms with Crippen LogP contribution < -0.4 is 15.2 Å². The lowest BCUT2D eigenvalue weighted by atomic mass is 9.94. The first-order valence-corrected chi connectivity index (χ1v) is 15.1. The van der Waals surface area contributed by atoms with Gasteiger partial charge < -0.3 is 14.9 Å². The lowest BCUT2D eigenvalue weighted by Crippen LogP contribution is -2.55. The van der Waals surface area contributed by atoms with Crippen LogP contribution in [0.25, 0.3) is 32.9 Å². The van der Waals surface area contributed by atoms with Gasteiger partial charge in [0, 0.05) is 37.8 Å². The second kappa shape index (κ2) is 10.7. The van der Waals surface area contributed by atoms with E-state index in [0.717, 1.165) is 19.4 Å². The Morgan fingerprint density at radius 3 is 2.77 bits per heavy atom. The van der Waals surface area contributed by atoms with E-state index in [1.54, 1.807) is 18.0 Å². The van der Waals surface area contributed by atoms with E-state index < -0.39 is 28.9 Å². The van der Waals surface area contributed by atoms with Crippen molar-refractivity contribution in [3.8, 4) is 23.0 Å². The lowest BCUT2D eigenvalue weighted by Gasteiger charge is -2.37. The van der Waals surface area contributed by atoms with E-state index in [9.17, 15) is 19.0 Å². The molecular weight excluding hydrogens is 573 g/mol. The van der Waals surface area contributed by atoms with Crippen LogP contribution in [0.15, 0.2) is 30.5 Å². The van der Waals surface area contributed by atoms with E-state index in [1.165, 1.54) is 24.4 Å². The molecule has 2 aromatic carbocycles. The molecule has 3 fully saturated rings. The first kappa shape index (κ1) is 29.0. The smallest absolute Gasteiger partial charge is 0.319 e. The fourth-order valence-corrected chi connectivity index (χ4v) is 7.13. The summed E-state index contributed by atoms with van der Waals surface area (Å²) in [6.45, 7) is 5.50. The van der Waals surface area contributed by atoms with Crippen molar-refractivity contribution in [2.75, 3.05) is 37.8 Å².